The van der Waals surface area contributed by atoms with E-state index >= 15 is 0 Å². The summed E-state index contributed by atoms with van der Waals surface area (Å²) in [6.07, 6.45) is 4.95. The van der Waals surface area contributed by atoms with E-state index in [9.17, 15) is 4.79 Å². The molecule has 0 saturated heterocycles. The largest absolute Gasteiger partial charge is 0.352 e. The Kier molecular flexibility index (Phi) is 2.52. The first kappa shape index (κ1) is 9.97. The summed E-state index contributed by atoms with van der Waals surface area (Å²) in [5.74, 6) is 0.928. The fourth-order valence-electron chi connectivity index (χ4n) is 1.76. The van der Waals surface area contributed by atoms with Gasteiger partial charge in [0.05, 0.1) is 6.54 Å². The molecule has 2 aliphatic carbocycles. The zero-order valence-corrected chi connectivity index (χ0v) is 9.10. The van der Waals surface area contributed by atoms with Gasteiger partial charge in [0.25, 0.3) is 0 Å². The molecule has 2 aliphatic rings. The molecule has 2 fully saturated rings. The van der Waals surface area contributed by atoms with Gasteiger partial charge in [-0.05, 0) is 45.4 Å². The Morgan fingerprint density at radius 3 is 2.43 bits per heavy atom. The van der Waals surface area contributed by atoms with Gasteiger partial charge in [0.1, 0.15) is 0 Å². The molecule has 0 aromatic rings. The number of amides is 1. The lowest BCUT2D eigenvalue weighted by Gasteiger charge is -2.25. The van der Waals surface area contributed by atoms with Crippen molar-refractivity contribution in [3.05, 3.63) is 0 Å². The summed E-state index contributed by atoms with van der Waals surface area (Å²) in [6, 6.07) is 0.480. The van der Waals surface area contributed by atoms with Crippen molar-refractivity contribution >= 4 is 5.91 Å². The molecule has 80 valence electrons. The number of rotatable bonds is 5. The predicted octanol–water partition coefficient (Wildman–Crippen LogP) is 1.04. The SMILES string of the molecule is CC(C)(NCC(=O)NC1CC1)C1CC1. The number of hydrogen-bond donors (Lipinski definition) is 2. The topological polar surface area (TPSA) is 41.1 Å². The van der Waals surface area contributed by atoms with Crippen molar-refractivity contribution in [2.45, 2.75) is 51.1 Å². The van der Waals surface area contributed by atoms with Crippen LogP contribution in [0, 0.1) is 5.92 Å². The van der Waals surface area contributed by atoms with Gasteiger partial charge in [-0.15, -0.1) is 0 Å². The molecular weight excluding hydrogens is 176 g/mol. The van der Waals surface area contributed by atoms with E-state index in [4.69, 9.17) is 0 Å². The summed E-state index contributed by atoms with van der Waals surface area (Å²) in [6.45, 7) is 4.85. The smallest absolute Gasteiger partial charge is 0.234 e. The number of carbonyl (C=O) groups excluding carboxylic acids is 1. The standard InChI is InChI=1S/C11H20N2O/c1-11(2,8-3-4-8)12-7-10(14)13-9-5-6-9/h8-9,12H,3-7H2,1-2H3,(H,13,14). The number of carbonyl (C=O) groups is 1. The van der Waals surface area contributed by atoms with Crippen LogP contribution in [-0.4, -0.2) is 24.0 Å². The molecule has 0 aromatic carbocycles. The minimum absolute atomic E-state index is 0.140. The van der Waals surface area contributed by atoms with Crippen LogP contribution < -0.4 is 10.6 Å². The Morgan fingerprint density at radius 1 is 1.29 bits per heavy atom. The number of hydrogen-bond acceptors (Lipinski definition) is 2. The van der Waals surface area contributed by atoms with E-state index in [0.717, 1.165) is 18.8 Å². The lowest BCUT2D eigenvalue weighted by atomic mass is 9.99. The molecule has 0 aromatic heterocycles. The van der Waals surface area contributed by atoms with Crippen LogP contribution in [0.2, 0.25) is 0 Å². The highest BCUT2D eigenvalue weighted by atomic mass is 16.2. The summed E-state index contributed by atoms with van der Waals surface area (Å²) in [5.41, 5.74) is 0.140. The minimum atomic E-state index is 0.140. The molecule has 0 aliphatic heterocycles. The molecule has 0 heterocycles. The predicted molar refractivity (Wildman–Crippen MR) is 56.0 cm³/mol. The van der Waals surface area contributed by atoms with Crippen LogP contribution >= 0.6 is 0 Å². The normalized spacial score (nSPS) is 22.1. The molecule has 2 N–H and O–H groups in total. The lowest BCUT2D eigenvalue weighted by Crippen LogP contribution is -2.47. The molecule has 0 spiro atoms. The van der Waals surface area contributed by atoms with Crippen molar-refractivity contribution < 1.29 is 4.79 Å². The summed E-state index contributed by atoms with van der Waals surface area (Å²) in [5, 5.41) is 6.33. The first-order chi connectivity index (χ1) is 6.58. The monoisotopic (exact) mass is 196 g/mol. The molecular formula is C11H20N2O. The van der Waals surface area contributed by atoms with E-state index in [1.807, 2.05) is 0 Å². The fourth-order valence-corrected chi connectivity index (χ4v) is 1.76. The van der Waals surface area contributed by atoms with Crippen molar-refractivity contribution in [1.82, 2.24) is 10.6 Å². The Hall–Kier alpha value is -0.570. The van der Waals surface area contributed by atoms with Gasteiger partial charge in [0.2, 0.25) is 5.91 Å². The van der Waals surface area contributed by atoms with Crippen molar-refractivity contribution in [2.24, 2.45) is 5.92 Å². The van der Waals surface area contributed by atoms with Crippen molar-refractivity contribution in [2.75, 3.05) is 6.54 Å². The zero-order valence-electron chi connectivity index (χ0n) is 9.10. The quantitative estimate of drug-likeness (QED) is 0.690. The van der Waals surface area contributed by atoms with Crippen LogP contribution in [-0.2, 0) is 4.79 Å². The maximum atomic E-state index is 11.4. The van der Waals surface area contributed by atoms with Gasteiger partial charge in [-0.3, -0.25) is 4.79 Å². The summed E-state index contributed by atoms with van der Waals surface area (Å²) < 4.78 is 0. The second kappa shape index (κ2) is 3.54. The van der Waals surface area contributed by atoms with Gasteiger partial charge in [-0.2, -0.15) is 0 Å². The number of nitrogens with one attached hydrogen (secondary N) is 2. The van der Waals surface area contributed by atoms with Gasteiger partial charge in [0, 0.05) is 11.6 Å². The lowest BCUT2D eigenvalue weighted by molar-refractivity contribution is -0.120. The molecule has 0 atom stereocenters. The Morgan fingerprint density at radius 2 is 1.93 bits per heavy atom. The molecule has 1 amide bonds. The first-order valence-electron chi connectivity index (χ1n) is 5.62. The zero-order chi connectivity index (χ0) is 10.2. The first-order valence-corrected chi connectivity index (χ1v) is 5.62. The molecule has 3 heteroatoms. The van der Waals surface area contributed by atoms with Crippen molar-refractivity contribution in [3.8, 4) is 0 Å². The molecule has 0 radical (unpaired) electrons. The average molecular weight is 196 g/mol. The highest BCUT2D eigenvalue weighted by Gasteiger charge is 2.37. The molecule has 14 heavy (non-hydrogen) atoms. The minimum Gasteiger partial charge on any atom is -0.352 e. The van der Waals surface area contributed by atoms with E-state index in [1.165, 1.54) is 12.8 Å². The maximum absolute atomic E-state index is 11.4. The van der Waals surface area contributed by atoms with E-state index in [0.29, 0.717) is 12.6 Å². The van der Waals surface area contributed by atoms with E-state index in [2.05, 4.69) is 24.5 Å². The fraction of sp³-hybridized carbons (Fsp3) is 0.909. The molecule has 2 rings (SSSR count). The Balaban J connectivity index is 1.66. The summed E-state index contributed by atoms with van der Waals surface area (Å²) in [4.78, 5) is 11.4. The summed E-state index contributed by atoms with van der Waals surface area (Å²) in [7, 11) is 0. The molecule has 0 bridgehead atoms. The van der Waals surface area contributed by atoms with Crippen LogP contribution in [0.25, 0.3) is 0 Å². The van der Waals surface area contributed by atoms with Gasteiger partial charge in [-0.25, -0.2) is 0 Å². The third-order valence-electron chi connectivity index (χ3n) is 3.24. The van der Waals surface area contributed by atoms with Crippen molar-refractivity contribution in [3.63, 3.8) is 0 Å². The van der Waals surface area contributed by atoms with Gasteiger partial charge >= 0.3 is 0 Å². The van der Waals surface area contributed by atoms with Crippen LogP contribution in [0.5, 0.6) is 0 Å². The van der Waals surface area contributed by atoms with Gasteiger partial charge in [0.15, 0.2) is 0 Å². The maximum Gasteiger partial charge on any atom is 0.234 e. The highest BCUT2D eigenvalue weighted by molar-refractivity contribution is 5.78. The third kappa shape index (κ3) is 2.71. The van der Waals surface area contributed by atoms with Crippen LogP contribution in [0.1, 0.15) is 39.5 Å². The van der Waals surface area contributed by atoms with Crippen LogP contribution in [0.15, 0.2) is 0 Å². The second-order valence-electron chi connectivity index (χ2n) is 5.19. The van der Waals surface area contributed by atoms with E-state index < -0.39 is 0 Å². The van der Waals surface area contributed by atoms with Gasteiger partial charge < -0.3 is 10.6 Å². The summed E-state index contributed by atoms with van der Waals surface area (Å²) >= 11 is 0. The van der Waals surface area contributed by atoms with Crippen LogP contribution in [0.3, 0.4) is 0 Å². The average Bonchev–Trinajstić information content (AvgIpc) is 2.92. The second-order valence-corrected chi connectivity index (χ2v) is 5.19. The highest BCUT2D eigenvalue weighted by Crippen LogP contribution is 2.38. The van der Waals surface area contributed by atoms with Crippen molar-refractivity contribution in [1.29, 1.82) is 0 Å². The van der Waals surface area contributed by atoms with Gasteiger partial charge in [-0.1, -0.05) is 0 Å². The third-order valence-corrected chi connectivity index (χ3v) is 3.24. The molecule has 2 saturated carbocycles. The molecule has 3 nitrogen and oxygen atoms in total. The Bertz CT molecular complexity index is 229. The van der Waals surface area contributed by atoms with E-state index in [-0.39, 0.29) is 11.4 Å². The van der Waals surface area contributed by atoms with Crippen LogP contribution in [0.4, 0.5) is 0 Å². The Labute approximate surface area is 85.6 Å². The molecule has 0 unspecified atom stereocenters. The van der Waals surface area contributed by atoms with E-state index in [1.54, 1.807) is 0 Å².